The number of hydrogen-bond acceptors (Lipinski definition) is 3. The Balaban J connectivity index is 1.80. The van der Waals surface area contributed by atoms with Crippen molar-refractivity contribution in [2.45, 2.75) is 0 Å². The number of rotatable bonds is 3. The zero-order chi connectivity index (χ0) is 43.3. The molecule has 8 aromatic rings. The topological polar surface area (TPSA) is 48.5 Å². The minimum absolute atomic E-state index is 0.432. The highest BCUT2D eigenvalue weighted by molar-refractivity contribution is 6.31. The van der Waals surface area contributed by atoms with Crippen LogP contribution in [0.2, 0.25) is 10.6 Å². The maximum Gasteiger partial charge on any atom is 0.227 e. The summed E-state index contributed by atoms with van der Waals surface area (Å²) in [7, 11) is 0. The van der Waals surface area contributed by atoms with Crippen molar-refractivity contribution in [1.82, 2.24) is 24.1 Å². The highest BCUT2D eigenvalue weighted by atomic mass is 35.5. The van der Waals surface area contributed by atoms with Crippen LogP contribution in [0, 0.1) is 0 Å². The van der Waals surface area contributed by atoms with Crippen LogP contribution in [0.4, 0.5) is 0 Å². The molecule has 5 nitrogen and oxygen atoms in total. The molecule has 0 radical (unpaired) electrons. The lowest BCUT2D eigenvalue weighted by Crippen LogP contribution is -2.06. The first-order valence-electron chi connectivity index (χ1n) is 20.8. The smallest absolute Gasteiger partial charge is 0.227 e. The van der Waals surface area contributed by atoms with Crippen LogP contribution in [0.1, 0.15) is 26.0 Å². The van der Waals surface area contributed by atoms with Gasteiger partial charge in [0.05, 0.1) is 65.0 Å². The fourth-order valence-electron chi connectivity index (χ4n) is 4.66. The van der Waals surface area contributed by atoms with Crippen LogP contribution < -0.4 is 0 Å². The van der Waals surface area contributed by atoms with Crippen molar-refractivity contribution in [3.63, 3.8) is 0 Å². The van der Waals surface area contributed by atoms with Gasteiger partial charge in [-0.05, 0) is 59.5 Å². The predicted octanol–water partition coefficient (Wildman–Crippen LogP) is 9.04. The third-order valence-electron chi connectivity index (χ3n) is 6.15. The lowest BCUT2D eigenvalue weighted by atomic mass is 10.1. The van der Waals surface area contributed by atoms with E-state index in [1.807, 2.05) is 0 Å². The summed E-state index contributed by atoms with van der Waals surface area (Å²) in [6.45, 7) is 0. The van der Waals surface area contributed by atoms with Crippen molar-refractivity contribution in [3.8, 4) is 22.8 Å². The molecule has 3 aromatic heterocycles. The van der Waals surface area contributed by atoms with Gasteiger partial charge in [0, 0.05) is 21.5 Å². The molecule has 0 unspecified atom stereocenters. The first-order chi connectivity index (χ1) is 27.6. The lowest BCUT2D eigenvalue weighted by molar-refractivity contribution is 1.04. The molecule has 3 heterocycles. The van der Waals surface area contributed by atoms with E-state index in [9.17, 15) is 4.11 Å². The number of benzene rings is 5. The van der Waals surface area contributed by atoms with Gasteiger partial charge in [-0.15, -0.1) is 0 Å². The second-order valence-corrected chi connectivity index (χ2v) is 8.89. The molecule has 0 bridgehead atoms. The second kappa shape index (κ2) is 8.91. The van der Waals surface area contributed by atoms with Crippen molar-refractivity contribution >= 4 is 66.8 Å². The van der Waals surface area contributed by atoms with Crippen molar-refractivity contribution < 1.29 is 26.0 Å². The molecule has 0 fully saturated rings. The van der Waals surface area contributed by atoms with Gasteiger partial charge in [0.2, 0.25) is 10.6 Å². The quantitative estimate of drug-likeness (QED) is 0.211. The van der Waals surface area contributed by atoms with Crippen LogP contribution in [-0.4, -0.2) is 24.1 Å². The van der Waals surface area contributed by atoms with E-state index in [0.29, 0.717) is 0 Å². The maximum absolute atomic E-state index is 9.42. The van der Waals surface area contributed by atoms with Gasteiger partial charge in [0.15, 0.2) is 5.82 Å². The number of nitrogens with zero attached hydrogens (tertiary/aromatic N) is 5. The van der Waals surface area contributed by atoms with Gasteiger partial charge in [-0.25, -0.2) is 0 Å². The zero-order valence-corrected chi connectivity index (χ0v) is 21.0. The molecule has 0 spiro atoms. The van der Waals surface area contributed by atoms with Crippen LogP contribution in [0.3, 0.4) is 0 Å². The Morgan fingerprint density at radius 1 is 0.450 bits per heavy atom. The summed E-state index contributed by atoms with van der Waals surface area (Å²) in [6.07, 6.45) is 0. The van der Waals surface area contributed by atoms with E-state index in [2.05, 4.69) is 15.0 Å². The fourth-order valence-corrected chi connectivity index (χ4v) is 5.02. The van der Waals surface area contributed by atoms with E-state index in [1.54, 1.807) is 0 Å². The highest BCUT2D eigenvalue weighted by Crippen LogP contribution is 2.41. The fraction of sp³-hybridized carbons (Fsp3) is 0. The Bertz CT molecular complexity index is 2950. The van der Waals surface area contributed by atoms with E-state index in [0.717, 1.165) is 9.13 Å². The Labute approximate surface area is 265 Å². The van der Waals surface area contributed by atoms with Crippen LogP contribution in [0.5, 0.6) is 0 Å². The monoisotopic (exact) mass is 574 g/mol. The number of hydrogen-bond donors (Lipinski definition) is 0. The Morgan fingerprint density at radius 3 is 1.18 bits per heavy atom. The number of fused-ring (bicyclic) bond motifs is 6. The molecule has 0 aliphatic heterocycles. The van der Waals surface area contributed by atoms with Crippen molar-refractivity contribution in [3.05, 3.63) is 125 Å². The van der Waals surface area contributed by atoms with Gasteiger partial charge in [0.1, 0.15) is 0 Å². The Kier molecular flexibility index (Phi) is 2.46. The molecular weight excluding hydrogens is 537 g/mol. The summed E-state index contributed by atoms with van der Waals surface area (Å²) in [5, 5.41) is -2.92. The van der Waals surface area contributed by atoms with E-state index >= 15 is 0 Å². The van der Waals surface area contributed by atoms with Crippen molar-refractivity contribution in [1.29, 1.82) is 0 Å². The van der Waals surface area contributed by atoms with Crippen LogP contribution >= 0.6 is 23.2 Å². The average Bonchev–Trinajstić information content (AvgIpc) is 3.74. The Morgan fingerprint density at radius 2 is 0.800 bits per heavy atom. The van der Waals surface area contributed by atoms with Gasteiger partial charge >= 0.3 is 0 Å². The molecular formula is C33H19Cl2N5. The minimum Gasteiger partial charge on any atom is -0.308 e. The number of aromatic nitrogens is 5. The average molecular weight is 576 g/mol. The van der Waals surface area contributed by atoms with E-state index in [-0.39, 0.29) is 0 Å². The van der Waals surface area contributed by atoms with Gasteiger partial charge in [-0.1, -0.05) is 78.6 Å². The van der Waals surface area contributed by atoms with Crippen LogP contribution in [0.15, 0.2) is 115 Å². The Hall–Kier alpha value is -4.71. The lowest BCUT2D eigenvalue weighted by Gasteiger charge is -2.19. The summed E-state index contributed by atoms with van der Waals surface area (Å²) in [4.78, 5) is 12.1. The largest absolute Gasteiger partial charge is 0.308 e. The third-order valence-corrected chi connectivity index (χ3v) is 6.49. The molecule has 0 saturated heterocycles. The van der Waals surface area contributed by atoms with E-state index < -0.39 is 192 Å². The molecule has 40 heavy (non-hydrogen) atoms. The molecule has 0 atom stereocenters. The first-order valence-corrected chi connectivity index (χ1v) is 12.1. The summed E-state index contributed by atoms with van der Waals surface area (Å²) < 4.78 is 170. The number of para-hydroxylation sites is 4. The molecule has 8 rings (SSSR count). The van der Waals surface area contributed by atoms with Crippen LogP contribution in [-0.2, 0) is 0 Å². The second-order valence-electron chi connectivity index (χ2n) is 8.21. The molecule has 0 amide bonds. The molecule has 0 saturated carbocycles. The molecule has 0 aliphatic rings. The summed E-state index contributed by atoms with van der Waals surface area (Å²) in [6, 6.07) is -15.5. The molecule has 190 valence electrons. The summed E-state index contributed by atoms with van der Waals surface area (Å²) in [5.74, 6) is -0.643. The highest BCUT2D eigenvalue weighted by Gasteiger charge is 2.23. The first kappa shape index (κ1) is 11.0. The van der Waals surface area contributed by atoms with E-state index in [4.69, 9.17) is 45.1 Å². The van der Waals surface area contributed by atoms with Crippen molar-refractivity contribution in [2.75, 3.05) is 0 Å². The normalized spacial score (nSPS) is 18.4. The SMILES string of the molecule is [2H]c1c([2H])c(-n2c3c([2H])c([2H])c([2H])c([2H])c3c3c([2H])c([2H])c([2H])c([2H])c32)c(-c2nc(Cl)nc(Cl)n2)c(-n2c3c([2H])c([2H])c([2H])c([2H])c3c3c([2H])c([2H])c([2H])c([2H])c32)c1[2H]. The molecule has 5 aromatic carbocycles. The van der Waals surface area contributed by atoms with Gasteiger partial charge < -0.3 is 9.13 Å². The molecule has 0 N–H and O–H groups in total. The maximum atomic E-state index is 9.42. The van der Waals surface area contributed by atoms with Gasteiger partial charge in [-0.2, -0.15) is 15.0 Å². The van der Waals surface area contributed by atoms with Crippen LogP contribution in [0.25, 0.3) is 66.4 Å². The van der Waals surface area contributed by atoms with Gasteiger partial charge in [0.25, 0.3) is 0 Å². The standard InChI is InChI=1S/C33H19Cl2N5/c34-32-36-31(37-33(35)38-32)30-28(39-24-14-5-1-10-20(24)21-11-2-6-15-25(21)39)18-9-19-29(30)40-26-16-7-3-12-22(26)23-13-4-8-17-27(23)40/h1-19H/i1D,2D,3D,4D,5D,6D,7D,8D,9D,10D,11D,12D,13D,14D,15D,16D,17D,18D,19D. The molecule has 0 aliphatic carbocycles. The minimum atomic E-state index is -0.974. The zero-order valence-electron chi connectivity index (χ0n) is 38.5. The van der Waals surface area contributed by atoms with E-state index in [1.165, 1.54) is 0 Å². The van der Waals surface area contributed by atoms with Crippen molar-refractivity contribution in [2.24, 2.45) is 0 Å². The number of halogens is 2. The summed E-state index contributed by atoms with van der Waals surface area (Å²) in [5.41, 5.74) is -4.14. The summed E-state index contributed by atoms with van der Waals surface area (Å²) >= 11 is 12.6. The molecule has 7 heteroatoms. The third kappa shape index (κ3) is 3.38. The van der Waals surface area contributed by atoms with Gasteiger partial charge in [-0.3, -0.25) is 0 Å². The predicted molar refractivity (Wildman–Crippen MR) is 164 cm³/mol.